The quantitative estimate of drug-likeness (QED) is 0.745. The number of carbonyl (C=O) groups excluding carboxylic acids is 1. The van der Waals surface area contributed by atoms with Crippen molar-refractivity contribution < 1.29 is 9.90 Å². The zero-order valence-corrected chi connectivity index (χ0v) is 11.9. The van der Waals surface area contributed by atoms with Crippen molar-refractivity contribution in [3.05, 3.63) is 35.9 Å². The number of hydrogen-bond donors (Lipinski definition) is 3. The van der Waals surface area contributed by atoms with Crippen LogP contribution in [0.5, 0.6) is 0 Å². The number of aliphatic hydroxyl groups excluding tert-OH is 1. The van der Waals surface area contributed by atoms with Crippen LogP contribution in [0.4, 0.5) is 0 Å². The number of hydrogen-bond acceptors (Lipinski definition) is 3. The zero-order valence-electron chi connectivity index (χ0n) is 11.9. The van der Waals surface area contributed by atoms with Gasteiger partial charge in [0.15, 0.2) is 0 Å². The maximum absolute atomic E-state index is 12.0. The molecule has 1 aromatic rings. The third-order valence-electron chi connectivity index (χ3n) is 3.11. The van der Waals surface area contributed by atoms with Gasteiger partial charge >= 0.3 is 0 Å². The van der Waals surface area contributed by atoms with Crippen molar-refractivity contribution in [2.75, 3.05) is 6.61 Å². The average Bonchev–Trinajstić information content (AvgIpc) is 2.37. The van der Waals surface area contributed by atoms with Gasteiger partial charge in [0.25, 0.3) is 0 Å². The van der Waals surface area contributed by atoms with Crippen LogP contribution in [0, 0.1) is 5.41 Å². The van der Waals surface area contributed by atoms with E-state index in [0.29, 0.717) is 6.42 Å². The van der Waals surface area contributed by atoms with Crippen LogP contribution in [0.15, 0.2) is 30.3 Å². The first kappa shape index (κ1) is 15.7. The number of nitrogens with one attached hydrogen (secondary N) is 1. The van der Waals surface area contributed by atoms with Crippen LogP contribution in [-0.4, -0.2) is 29.7 Å². The second-order valence-corrected chi connectivity index (χ2v) is 5.92. The average molecular weight is 264 g/mol. The minimum atomic E-state index is -0.586. The van der Waals surface area contributed by atoms with Gasteiger partial charge in [-0.25, -0.2) is 0 Å². The standard InChI is InChI=1S/C15H24N2O2/c1-15(2,3)13(16)14(19)17-12(10-18)9-11-7-5-4-6-8-11/h4-8,12-13,18H,9-10,16H2,1-3H3,(H,17,19)/t12-,13-/m0/s1. The highest BCUT2D eigenvalue weighted by atomic mass is 16.3. The summed E-state index contributed by atoms with van der Waals surface area (Å²) in [5.74, 6) is -0.220. The van der Waals surface area contributed by atoms with Crippen LogP contribution < -0.4 is 11.1 Å². The Labute approximate surface area is 115 Å². The molecule has 4 N–H and O–H groups in total. The molecule has 4 nitrogen and oxygen atoms in total. The monoisotopic (exact) mass is 264 g/mol. The number of carbonyl (C=O) groups is 1. The Morgan fingerprint density at radius 3 is 2.37 bits per heavy atom. The largest absolute Gasteiger partial charge is 0.394 e. The summed E-state index contributed by atoms with van der Waals surface area (Å²) in [4.78, 5) is 12.0. The van der Waals surface area contributed by atoms with Gasteiger partial charge in [-0.05, 0) is 17.4 Å². The Kier molecular flexibility index (Phi) is 5.51. The Hall–Kier alpha value is -1.39. The number of rotatable bonds is 5. The molecule has 4 heteroatoms. The molecule has 0 radical (unpaired) electrons. The number of aliphatic hydroxyl groups is 1. The molecule has 0 saturated heterocycles. The predicted octanol–water partition coefficient (Wildman–Crippen LogP) is 1.08. The summed E-state index contributed by atoms with van der Waals surface area (Å²) in [6, 6.07) is 8.86. The summed E-state index contributed by atoms with van der Waals surface area (Å²) in [5, 5.41) is 12.2. The second kappa shape index (κ2) is 6.68. The number of amides is 1. The first-order valence-electron chi connectivity index (χ1n) is 6.55. The van der Waals surface area contributed by atoms with Crippen LogP contribution in [0.1, 0.15) is 26.3 Å². The predicted molar refractivity (Wildman–Crippen MR) is 76.6 cm³/mol. The van der Waals surface area contributed by atoms with E-state index in [9.17, 15) is 9.90 Å². The van der Waals surface area contributed by atoms with E-state index in [1.165, 1.54) is 0 Å². The fourth-order valence-electron chi connectivity index (χ4n) is 1.74. The van der Waals surface area contributed by atoms with E-state index in [1.807, 2.05) is 51.1 Å². The van der Waals surface area contributed by atoms with E-state index >= 15 is 0 Å². The lowest BCUT2D eigenvalue weighted by molar-refractivity contribution is -0.125. The number of nitrogens with two attached hydrogens (primary N) is 1. The zero-order chi connectivity index (χ0) is 14.5. The smallest absolute Gasteiger partial charge is 0.237 e. The molecule has 2 atom stereocenters. The van der Waals surface area contributed by atoms with Crippen LogP contribution in [0.2, 0.25) is 0 Å². The molecule has 0 saturated carbocycles. The summed E-state index contributed by atoms with van der Waals surface area (Å²) in [6.45, 7) is 5.66. The molecule has 106 valence electrons. The van der Waals surface area contributed by atoms with Gasteiger partial charge in [0.2, 0.25) is 5.91 Å². The fraction of sp³-hybridized carbons (Fsp3) is 0.533. The van der Waals surface area contributed by atoms with Gasteiger partial charge in [-0.2, -0.15) is 0 Å². The van der Waals surface area contributed by atoms with E-state index in [-0.39, 0.29) is 24.0 Å². The molecule has 1 amide bonds. The molecule has 0 aromatic heterocycles. The van der Waals surface area contributed by atoms with Crippen molar-refractivity contribution in [2.45, 2.75) is 39.3 Å². The van der Waals surface area contributed by atoms with Gasteiger partial charge in [0, 0.05) is 0 Å². The first-order valence-corrected chi connectivity index (χ1v) is 6.55. The SMILES string of the molecule is CC(C)(C)[C@@H](N)C(=O)N[C@H](CO)Cc1ccccc1. The highest BCUT2D eigenvalue weighted by Crippen LogP contribution is 2.17. The van der Waals surface area contributed by atoms with Crippen molar-refractivity contribution >= 4 is 5.91 Å². The molecule has 0 bridgehead atoms. The molecule has 0 heterocycles. The van der Waals surface area contributed by atoms with E-state index in [2.05, 4.69) is 5.32 Å². The van der Waals surface area contributed by atoms with E-state index < -0.39 is 6.04 Å². The number of benzene rings is 1. The molecule has 19 heavy (non-hydrogen) atoms. The highest BCUT2D eigenvalue weighted by molar-refractivity contribution is 5.82. The molecule has 0 spiro atoms. The molecule has 0 aliphatic carbocycles. The summed E-state index contributed by atoms with van der Waals surface area (Å²) in [7, 11) is 0. The molecule has 1 aromatic carbocycles. The molecule has 0 fully saturated rings. The summed E-state index contributed by atoms with van der Waals surface area (Å²) in [5.41, 5.74) is 6.68. The topological polar surface area (TPSA) is 75.4 Å². The third kappa shape index (κ3) is 5.01. The second-order valence-electron chi connectivity index (χ2n) is 5.92. The fourth-order valence-corrected chi connectivity index (χ4v) is 1.74. The lowest BCUT2D eigenvalue weighted by atomic mass is 9.86. The van der Waals surface area contributed by atoms with E-state index in [1.54, 1.807) is 0 Å². The van der Waals surface area contributed by atoms with Gasteiger partial charge in [0.1, 0.15) is 0 Å². The van der Waals surface area contributed by atoms with Crippen molar-refractivity contribution in [2.24, 2.45) is 11.1 Å². The van der Waals surface area contributed by atoms with Crippen LogP contribution in [0.3, 0.4) is 0 Å². The van der Waals surface area contributed by atoms with Crippen LogP contribution in [0.25, 0.3) is 0 Å². The van der Waals surface area contributed by atoms with Gasteiger partial charge < -0.3 is 16.2 Å². The first-order chi connectivity index (χ1) is 8.84. The highest BCUT2D eigenvalue weighted by Gasteiger charge is 2.28. The molecular formula is C15H24N2O2. The minimum absolute atomic E-state index is 0.0997. The van der Waals surface area contributed by atoms with Crippen molar-refractivity contribution in [3.63, 3.8) is 0 Å². The Bertz CT molecular complexity index is 398. The van der Waals surface area contributed by atoms with Gasteiger partial charge in [0.05, 0.1) is 18.7 Å². The summed E-state index contributed by atoms with van der Waals surface area (Å²) < 4.78 is 0. The van der Waals surface area contributed by atoms with E-state index in [0.717, 1.165) is 5.56 Å². The van der Waals surface area contributed by atoms with Crippen molar-refractivity contribution in [3.8, 4) is 0 Å². The molecule has 0 aliphatic heterocycles. The minimum Gasteiger partial charge on any atom is -0.394 e. The summed E-state index contributed by atoms with van der Waals surface area (Å²) in [6.07, 6.45) is 0.597. The third-order valence-corrected chi connectivity index (χ3v) is 3.11. The van der Waals surface area contributed by atoms with Gasteiger partial charge in [-0.1, -0.05) is 51.1 Å². The molecule has 0 unspecified atom stereocenters. The maximum atomic E-state index is 12.0. The normalized spacial score (nSPS) is 14.8. The summed E-state index contributed by atoms with van der Waals surface area (Å²) >= 11 is 0. The van der Waals surface area contributed by atoms with Crippen LogP contribution in [-0.2, 0) is 11.2 Å². The van der Waals surface area contributed by atoms with Gasteiger partial charge in [-0.15, -0.1) is 0 Å². The lowest BCUT2D eigenvalue weighted by Crippen LogP contribution is -2.52. The van der Waals surface area contributed by atoms with Gasteiger partial charge in [-0.3, -0.25) is 4.79 Å². The maximum Gasteiger partial charge on any atom is 0.237 e. The molecule has 1 rings (SSSR count). The van der Waals surface area contributed by atoms with E-state index in [4.69, 9.17) is 5.73 Å². The van der Waals surface area contributed by atoms with Crippen molar-refractivity contribution in [1.82, 2.24) is 5.32 Å². The van der Waals surface area contributed by atoms with Crippen LogP contribution >= 0.6 is 0 Å². The Morgan fingerprint density at radius 1 is 1.32 bits per heavy atom. The Balaban J connectivity index is 2.60. The molecule has 0 aliphatic rings. The Morgan fingerprint density at radius 2 is 1.89 bits per heavy atom. The lowest BCUT2D eigenvalue weighted by Gasteiger charge is -2.28. The van der Waals surface area contributed by atoms with Crippen molar-refractivity contribution in [1.29, 1.82) is 0 Å². The molecular weight excluding hydrogens is 240 g/mol.